The van der Waals surface area contributed by atoms with Crippen molar-refractivity contribution in [3.8, 4) is 0 Å². The van der Waals surface area contributed by atoms with E-state index < -0.39 is 0 Å². The lowest BCUT2D eigenvalue weighted by atomic mass is 9.98. The van der Waals surface area contributed by atoms with Gasteiger partial charge in [0.1, 0.15) is 0 Å². The van der Waals surface area contributed by atoms with Crippen LogP contribution in [0.25, 0.3) is 0 Å². The summed E-state index contributed by atoms with van der Waals surface area (Å²) in [7, 11) is 0. The summed E-state index contributed by atoms with van der Waals surface area (Å²) in [5, 5.41) is 3.62. The smallest absolute Gasteiger partial charge is 0.0461 e. The van der Waals surface area contributed by atoms with Crippen molar-refractivity contribution < 1.29 is 0 Å². The molecular weight excluding hydrogens is 288 g/mol. The van der Waals surface area contributed by atoms with Gasteiger partial charge in [-0.3, -0.25) is 0 Å². The summed E-state index contributed by atoms with van der Waals surface area (Å²) in [5.74, 6) is 3.00. The molecule has 3 N–H and O–H groups in total. The molecule has 0 saturated heterocycles. The highest BCUT2D eigenvalue weighted by molar-refractivity contribution is 9.10. The summed E-state index contributed by atoms with van der Waals surface area (Å²) in [6.45, 7) is 2.12. The number of nitrogens with one attached hydrogen (secondary N) is 1. The molecule has 0 unspecified atom stereocenters. The van der Waals surface area contributed by atoms with Gasteiger partial charge in [0.2, 0.25) is 0 Å². The van der Waals surface area contributed by atoms with Crippen LogP contribution in [0.4, 0.5) is 5.69 Å². The van der Waals surface area contributed by atoms with Gasteiger partial charge in [-0.2, -0.15) is 0 Å². The molecule has 0 aliphatic heterocycles. The van der Waals surface area contributed by atoms with Gasteiger partial charge in [0, 0.05) is 16.7 Å². The van der Waals surface area contributed by atoms with Gasteiger partial charge in [0.25, 0.3) is 0 Å². The molecule has 0 aromatic heterocycles. The van der Waals surface area contributed by atoms with Gasteiger partial charge in [-0.05, 0) is 83.6 Å². The molecule has 0 heterocycles. The number of rotatable bonds is 6. The highest BCUT2D eigenvalue weighted by Gasteiger charge is 2.40. The number of halogens is 1. The standard InChI is InChI=1S/C15H21BrN2/c16-14-6-1-10(7-15(14)17)8-18-9-13(11-2-3-11)12-4-5-12/h1,6-7,11-13,18H,2-5,8-9,17H2. The molecule has 2 saturated carbocycles. The zero-order chi connectivity index (χ0) is 12.5. The van der Waals surface area contributed by atoms with Gasteiger partial charge >= 0.3 is 0 Å². The second-order valence-electron chi connectivity index (χ2n) is 5.83. The summed E-state index contributed by atoms with van der Waals surface area (Å²) in [6.07, 6.45) is 5.87. The van der Waals surface area contributed by atoms with Crippen molar-refractivity contribution in [2.75, 3.05) is 12.3 Å². The minimum Gasteiger partial charge on any atom is -0.398 e. The van der Waals surface area contributed by atoms with Crippen molar-refractivity contribution in [1.82, 2.24) is 5.32 Å². The van der Waals surface area contributed by atoms with E-state index in [-0.39, 0.29) is 0 Å². The Morgan fingerprint density at radius 3 is 2.44 bits per heavy atom. The molecule has 1 aromatic carbocycles. The third kappa shape index (κ3) is 3.07. The molecule has 0 atom stereocenters. The Labute approximate surface area is 117 Å². The van der Waals surface area contributed by atoms with Crippen LogP contribution in [0.3, 0.4) is 0 Å². The fourth-order valence-corrected chi connectivity index (χ4v) is 3.10. The molecule has 98 valence electrons. The molecule has 0 bridgehead atoms. The first kappa shape index (κ1) is 12.5. The van der Waals surface area contributed by atoms with Crippen molar-refractivity contribution in [2.45, 2.75) is 32.2 Å². The maximum Gasteiger partial charge on any atom is 0.0461 e. The Hall–Kier alpha value is -0.540. The predicted octanol–water partition coefficient (Wildman–Crippen LogP) is 3.56. The van der Waals surface area contributed by atoms with E-state index in [9.17, 15) is 0 Å². The molecule has 2 fully saturated rings. The van der Waals surface area contributed by atoms with Crippen LogP contribution in [0.15, 0.2) is 22.7 Å². The molecular formula is C15H21BrN2. The Kier molecular flexibility index (Phi) is 3.62. The van der Waals surface area contributed by atoms with Crippen molar-refractivity contribution in [3.63, 3.8) is 0 Å². The van der Waals surface area contributed by atoms with Crippen molar-refractivity contribution in [3.05, 3.63) is 28.2 Å². The van der Waals surface area contributed by atoms with Gasteiger partial charge in [0.15, 0.2) is 0 Å². The van der Waals surface area contributed by atoms with E-state index in [4.69, 9.17) is 5.73 Å². The van der Waals surface area contributed by atoms with Crippen molar-refractivity contribution in [2.24, 2.45) is 17.8 Å². The quantitative estimate of drug-likeness (QED) is 0.789. The third-order valence-electron chi connectivity index (χ3n) is 4.22. The van der Waals surface area contributed by atoms with E-state index in [1.54, 1.807) is 0 Å². The largest absolute Gasteiger partial charge is 0.398 e. The number of hydrogen-bond acceptors (Lipinski definition) is 2. The second-order valence-corrected chi connectivity index (χ2v) is 6.68. The molecule has 2 nitrogen and oxygen atoms in total. The van der Waals surface area contributed by atoms with E-state index >= 15 is 0 Å². The lowest BCUT2D eigenvalue weighted by molar-refractivity contribution is 0.378. The Morgan fingerprint density at radius 1 is 1.22 bits per heavy atom. The van der Waals surface area contributed by atoms with Gasteiger partial charge in [-0.15, -0.1) is 0 Å². The number of nitrogen functional groups attached to an aromatic ring is 1. The fourth-order valence-electron chi connectivity index (χ4n) is 2.85. The maximum atomic E-state index is 5.89. The van der Waals surface area contributed by atoms with Crippen LogP contribution in [0, 0.1) is 17.8 Å². The maximum absolute atomic E-state index is 5.89. The van der Waals surface area contributed by atoms with E-state index in [2.05, 4.69) is 33.4 Å². The van der Waals surface area contributed by atoms with Crippen LogP contribution in [-0.2, 0) is 6.54 Å². The first-order valence-electron chi connectivity index (χ1n) is 6.98. The lowest BCUT2D eigenvalue weighted by Crippen LogP contribution is -2.25. The number of anilines is 1. The number of hydrogen-bond donors (Lipinski definition) is 2. The average Bonchev–Trinajstić information content (AvgIpc) is 3.22. The van der Waals surface area contributed by atoms with Crippen molar-refractivity contribution in [1.29, 1.82) is 0 Å². The molecule has 3 rings (SSSR count). The van der Waals surface area contributed by atoms with Crippen LogP contribution >= 0.6 is 15.9 Å². The molecule has 2 aliphatic carbocycles. The molecule has 1 aromatic rings. The Bertz CT molecular complexity index is 413. The van der Waals surface area contributed by atoms with Gasteiger partial charge < -0.3 is 11.1 Å². The normalized spacial score (nSPS) is 19.4. The zero-order valence-corrected chi connectivity index (χ0v) is 12.2. The Balaban J connectivity index is 1.49. The van der Waals surface area contributed by atoms with E-state index in [1.807, 2.05) is 6.07 Å². The van der Waals surface area contributed by atoms with E-state index in [0.29, 0.717) is 0 Å². The van der Waals surface area contributed by atoms with Crippen LogP contribution in [0.2, 0.25) is 0 Å². The first-order valence-corrected chi connectivity index (χ1v) is 7.78. The topological polar surface area (TPSA) is 38.0 Å². The van der Waals surface area contributed by atoms with Gasteiger partial charge in [-0.1, -0.05) is 6.07 Å². The summed E-state index contributed by atoms with van der Waals surface area (Å²) in [6, 6.07) is 6.22. The predicted molar refractivity (Wildman–Crippen MR) is 79.2 cm³/mol. The van der Waals surface area contributed by atoms with Crippen LogP contribution < -0.4 is 11.1 Å². The Morgan fingerprint density at radius 2 is 1.89 bits per heavy atom. The van der Waals surface area contributed by atoms with Crippen LogP contribution in [-0.4, -0.2) is 6.54 Å². The fraction of sp³-hybridized carbons (Fsp3) is 0.600. The second kappa shape index (κ2) is 5.22. The zero-order valence-electron chi connectivity index (χ0n) is 10.7. The SMILES string of the molecule is Nc1cc(CNCC(C2CC2)C2CC2)ccc1Br. The van der Waals surface area contributed by atoms with Gasteiger partial charge in [0.05, 0.1) is 0 Å². The first-order chi connectivity index (χ1) is 8.74. The highest BCUT2D eigenvalue weighted by atomic mass is 79.9. The molecule has 2 aliphatic rings. The van der Waals surface area contributed by atoms with Crippen molar-refractivity contribution >= 4 is 21.6 Å². The average molecular weight is 309 g/mol. The minimum atomic E-state index is 0.829. The third-order valence-corrected chi connectivity index (χ3v) is 4.95. The molecule has 0 spiro atoms. The summed E-state index contributed by atoms with van der Waals surface area (Å²) >= 11 is 3.43. The molecule has 0 radical (unpaired) electrons. The highest BCUT2D eigenvalue weighted by Crippen LogP contribution is 2.48. The van der Waals surface area contributed by atoms with E-state index in [1.165, 1.54) is 37.8 Å². The monoisotopic (exact) mass is 308 g/mol. The van der Waals surface area contributed by atoms with Gasteiger partial charge in [-0.25, -0.2) is 0 Å². The lowest BCUT2D eigenvalue weighted by Gasteiger charge is -2.16. The molecule has 0 amide bonds. The summed E-state index contributed by atoms with van der Waals surface area (Å²) < 4.78 is 0.986. The van der Waals surface area contributed by atoms with E-state index in [0.717, 1.165) is 34.5 Å². The summed E-state index contributed by atoms with van der Waals surface area (Å²) in [4.78, 5) is 0. The summed E-state index contributed by atoms with van der Waals surface area (Å²) in [5.41, 5.74) is 8.00. The molecule has 18 heavy (non-hydrogen) atoms. The molecule has 3 heteroatoms. The van der Waals surface area contributed by atoms with Crippen LogP contribution in [0.1, 0.15) is 31.2 Å². The number of nitrogens with two attached hydrogens (primary N) is 1. The minimum absolute atomic E-state index is 0.829. The van der Waals surface area contributed by atoms with Crippen LogP contribution in [0.5, 0.6) is 0 Å². The number of benzene rings is 1.